The number of carbonyl (C=O) groups is 1. The van der Waals surface area contributed by atoms with Crippen molar-refractivity contribution in [1.29, 1.82) is 0 Å². The van der Waals surface area contributed by atoms with Crippen molar-refractivity contribution >= 4 is 23.1 Å². The SMILES string of the molecule is Cc1cccc(Cl)c1C1=C(O)C2(CCCOC2)OC1=O. The van der Waals surface area contributed by atoms with Crippen LogP contribution in [0.5, 0.6) is 0 Å². The number of aliphatic hydroxyl groups excluding tert-OH is 1. The highest BCUT2D eigenvalue weighted by molar-refractivity contribution is 6.35. The standard InChI is InChI=1S/C15H15ClO4/c1-9-4-2-5-10(16)11(9)12-13(17)15(20-14(12)18)6-3-7-19-8-15/h2,4-5,17H,3,6-8H2,1H3. The van der Waals surface area contributed by atoms with Gasteiger partial charge in [-0.2, -0.15) is 0 Å². The molecule has 3 rings (SSSR count). The Morgan fingerprint density at radius 1 is 1.40 bits per heavy atom. The van der Waals surface area contributed by atoms with E-state index in [4.69, 9.17) is 21.1 Å². The molecule has 0 saturated carbocycles. The van der Waals surface area contributed by atoms with Crippen LogP contribution >= 0.6 is 11.6 Å². The Balaban J connectivity index is 2.14. The van der Waals surface area contributed by atoms with E-state index >= 15 is 0 Å². The van der Waals surface area contributed by atoms with Crippen LogP contribution in [0.4, 0.5) is 0 Å². The summed E-state index contributed by atoms with van der Waals surface area (Å²) in [5, 5.41) is 11.0. The minimum Gasteiger partial charge on any atom is -0.507 e. The first kappa shape index (κ1) is 13.5. The molecule has 0 bridgehead atoms. The molecule has 1 spiro atoms. The number of carbonyl (C=O) groups excluding carboxylic acids is 1. The molecule has 1 aromatic rings. The van der Waals surface area contributed by atoms with Crippen molar-refractivity contribution in [1.82, 2.24) is 0 Å². The molecule has 2 aliphatic rings. The lowest BCUT2D eigenvalue weighted by atomic mass is 9.91. The molecule has 0 aliphatic carbocycles. The maximum absolute atomic E-state index is 12.2. The Morgan fingerprint density at radius 2 is 2.20 bits per heavy atom. The number of rotatable bonds is 1. The van der Waals surface area contributed by atoms with Gasteiger partial charge in [-0.15, -0.1) is 0 Å². The molecule has 1 fully saturated rings. The van der Waals surface area contributed by atoms with Gasteiger partial charge < -0.3 is 14.6 Å². The van der Waals surface area contributed by atoms with Crippen molar-refractivity contribution in [2.75, 3.05) is 13.2 Å². The van der Waals surface area contributed by atoms with Crippen LogP contribution < -0.4 is 0 Å². The largest absolute Gasteiger partial charge is 0.507 e. The van der Waals surface area contributed by atoms with Crippen LogP contribution in [0.2, 0.25) is 5.02 Å². The fourth-order valence-electron chi connectivity index (χ4n) is 2.81. The smallest absolute Gasteiger partial charge is 0.343 e. The maximum Gasteiger partial charge on any atom is 0.343 e. The molecule has 0 amide bonds. The first-order chi connectivity index (χ1) is 9.55. The molecular weight excluding hydrogens is 280 g/mol. The third-order valence-corrected chi connectivity index (χ3v) is 4.15. The van der Waals surface area contributed by atoms with Crippen molar-refractivity contribution < 1.29 is 19.4 Å². The third kappa shape index (κ3) is 1.91. The van der Waals surface area contributed by atoms with E-state index in [9.17, 15) is 9.90 Å². The summed E-state index contributed by atoms with van der Waals surface area (Å²) in [7, 11) is 0. The van der Waals surface area contributed by atoms with Gasteiger partial charge in [-0.3, -0.25) is 0 Å². The van der Waals surface area contributed by atoms with Crippen molar-refractivity contribution in [2.24, 2.45) is 0 Å². The van der Waals surface area contributed by atoms with Gasteiger partial charge in [0.2, 0.25) is 0 Å². The predicted molar refractivity (Wildman–Crippen MR) is 74.6 cm³/mol. The summed E-state index contributed by atoms with van der Waals surface area (Å²) in [6.07, 6.45) is 1.31. The number of aliphatic hydroxyl groups is 1. The van der Waals surface area contributed by atoms with Crippen LogP contribution in [0.15, 0.2) is 24.0 Å². The molecule has 4 nitrogen and oxygen atoms in total. The Bertz CT molecular complexity index is 580. The van der Waals surface area contributed by atoms with Crippen LogP contribution in [-0.4, -0.2) is 29.9 Å². The van der Waals surface area contributed by atoms with Crippen LogP contribution in [-0.2, 0) is 14.3 Å². The minimum absolute atomic E-state index is 0.0570. The molecule has 106 valence electrons. The van der Waals surface area contributed by atoms with Gasteiger partial charge in [-0.05, 0) is 31.4 Å². The van der Waals surface area contributed by atoms with Crippen molar-refractivity contribution in [3.8, 4) is 0 Å². The molecular formula is C15H15ClO4. The average molecular weight is 295 g/mol. The monoisotopic (exact) mass is 294 g/mol. The van der Waals surface area contributed by atoms with Crippen molar-refractivity contribution in [3.63, 3.8) is 0 Å². The molecule has 1 aromatic carbocycles. The summed E-state index contributed by atoms with van der Waals surface area (Å²) in [6, 6.07) is 5.34. The van der Waals surface area contributed by atoms with E-state index in [1.165, 1.54) is 0 Å². The third-order valence-electron chi connectivity index (χ3n) is 3.84. The summed E-state index contributed by atoms with van der Waals surface area (Å²) in [5.74, 6) is -0.595. The fourth-order valence-corrected chi connectivity index (χ4v) is 3.12. The Hall–Kier alpha value is -1.52. The molecule has 1 N–H and O–H groups in total. The van der Waals surface area contributed by atoms with E-state index in [2.05, 4.69) is 0 Å². The zero-order valence-electron chi connectivity index (χ0n) is 11.1. The molecule has 1 saturated heterocycles. The van der Waals surface area contributed by atoms with Crippen LogP contribution in [0, 0.1) is 6.92 Å². The zero-order valence-corrected chi connectivity index (χ0v) is 11.9. The van der Waals surface area contributed by atoms with Gasteiger partial charge in [-0.25, -0.2) is 4.79 Å². The maximum atomic E-state index is 12.2. The van der Waals surface area contributed by atoms with E-state index in [1.807, 2.05) is 13.0 Å². The van der Waals surface area contributed by atoms with Gasteiger partial charge >= 0.3 is 5.97 Å². The van der Waals surface area contributed by atoms with E-state index in [0.29, 0.717) is 23.6 Å². The van der Waals surface area contributed by atoms with E-state index in [0.717, 1.165) is 12.0 Å². The number of esters is 1. The Labute approximate surface area is 122 Å². The molecule has 5 heteroatoms. The van der Waals surface area contributed by atoms with Crippen LogP contribution in [0.25, 0.3) is 5.57 Å². The Kier molecular flexibility index (Phi) is 3.22. The quantitative estimate of drug-likeness (QED) is 0.809. The van der Waals surface area contributed by atoms with Crippen molar-refractivity contribution in [3.05, 3.63) is 40.1 Å². The second-order valence-corrected chi connectivity index (χ2v) is 5.60. The molecule has 20 heavy (non-hydrogen) atoms. The molecule has 0 aromatic heterocycles. The number of benzene rings is 1. The van der Waals surface area contributed by atoms with Gasteiger partial charge in [-0.1, -0.05) is 23.7 Å². The highest BCUT2D eigenvalue weighted by Gasteiger charge is 2.50. The highest BCUT2D eigenvalue weighted by atomic mass is 35.5. The molecule has 1 atom stereocenters. The molecule has 1 unspecified atom stereocenters. The van der Waals surface area contributed by atoms with Gasteiger partial charge in [0.1, 0.15) is 5.57 Å². The Morgan fingerprint density at radius 3 is 2.85 bits per heavy atom. The second-order valence-electron chi connectivity index (χ2n) is 5.20. The van der Waals surface area contributed by atoms with E-state index < -0.39 is 11.6 Å². The average Bonchev–Trinajstić information content (AvgIpc) is 2.64. The van der Waals surface area contributed by atoms with Crippen LogP contribution in [0.3, 0.4) is 0 Å². The van der Waals surface area contributed by atoms with Gasteiger partial charge in [0.25, 0.3) is 0 Å². The summed E-state index contributed by atoms with van der Waals surface area (Å²) < 4.78 is 10.8. The number of aryl methyl sites for hydroxylation is 1. The lowest BCUT2D eigenvalue weighted by molar-refractivity contribution is -0.158. The minimum atomic E-state index is -1.03. The van der Waals surface area contributed by atoms with Gasteiger partial charge in [0.15, 0.2) is 11.4 Å². The van der Waals surface area contributed by atoms with E-state index in [1.54, 1.807) is 12.1 Å². The number of hydrogen-bond acceptors (Lipinski definition) is 4. The fraction of sp³-hybridized carbons (Fsp3) is 0.400. The zero-order chi connectivity index (χ0) is 14.3. The predicted octanol–water partition coefficient (Wildman–Crippen LogP) is 3.02. The first-order valence-corrected chi connectivity index (χ1v) is 6.93. The first-order valence-electron chi connectivity index (χ1n) is 6.55. The van der Waals surface area contributed by atoms with E-state index in [-0.39, 0.29) is 17.9 Å². The lowest BCUT2D eigenvalue weighted by Gasteiger charge is -2.31. The summed E-state index contributed by atoms with van der Waals surface area (Å²) in [5.41, 5.74) is 0.499. The summed E-state index contributed by atoms with van der Waals surface area (Å²) >= 11 is 6.18. The molecule has 2 heterocycles. The van der Waals surface area contributed by atoms with Gasteiger partial charge in [0, 0.05) is 17.2 Å². The normalized spacial score (nSPS) is 26.2. The number of halogens is 1. The van der Waals surface area contributed by atoms with Gasteiger partial charge in [0.05, 0.1) is 6.61 Å². The van der Waals surface area contributed by atoms with Crippen molar-refractivity contribution in [2.45, 2.75) is 25.4 Å². The topological polar surface area (TPSA) is 55.8 Å². The number of hydrogen-bond donors (Lipinski definition) is 1. The highest BCUT2D eigenvalue weighted by Crippen LogP contribution is 2.43. The second kappa shape index (κ2) is 4.79. The summed E-state index contributed by atoms with van der Waals surface area (Å²) in [6.45, 7) is 2.65. The van der Waals surface area contributed by atoms with Crippen LogP contribution in [0.1, 0.15) is 24.0 Å². The lowest BCUT2D eigenvalue weighted by Crippen LogP contribution is -2.41. The number of ether oxygens (including phenoxy) is 2. The molecule has 0 radical (unpaired) electrons. The molecule has 2 aliphatic heterocycles. The summed E-state index contributed by atoms with van der Waals surface area (Å²) in [4.78, 5) is 12.2.